The van der Waals surface area contributed by atoms with E-state index < -0.39 is 26.7 Å². The lowest BCUT2D eigenvalue weighted by Gasteiger charge is -2.13. The first kappa shape index (κ1) is 14.0. The minimum Gasteiger partial charge on any atom is -0.545 e. The second-order valence-corrected chi connectivity index (χ2v) is 5.52. The number of sulfonamides is 1. The molecule has 0 fully saturated rings. The van der Waals surface area contributed by atoms with Gasteiger partial charge in [-0.1, -0.05) is 30.3 Å². The van der Waals surface area contributed by atoms with Crippen LogP contribution in [0.5, 0.6) is 0 Å². The first-order chi connectivity index (χ1) is 9.42. The molecule has 0 aliphatic carbocycles. The molecule has 104 valence electrons. The van der Waals surface area contributed by atoms with E-state index in [2.05, 4.69) is 0 Å². The molecule has 0 bridgehead atoms. The Labute approximate surface area is 114 Å². The summed E-state index contributed by atoms with van der Waals surface area (Å²) in [5.74, 6) is -2.46. The van der Waals surface area contributed by atoms with Crippen molar-refractivity contribution in [2.75, 3.05) is 4.72 Å². The number of carbonyl (C=O) groups excluding carboxylic acids is 1. The smallest absolute Gasteiger partial charge is 0.264 e. The lowest BCUT2D eigenvalue weighted by atomic mass is 10.2. The van der Waals surface area contributed by atoms with E-state index in [0.717, 1.165) is 12.1 Å². The van der Waals surface area contributed by atoms with E-state index in [1.807, 2.05) is 4.72 Å². The summed E-state index contributed by atoms with van der Waals surface area (Å²) in [6.07, 6.45) is 0. The van der Waals surface area contributed by atoms with Gasteiger partial charge in [0.1, 0.15) is 10.7 Å². The molecule has 0 atom stereocenters. The van der Waals surface area contributed by atoms with Crippen molar-refractivity contribution in [3.63, 3.8) is 0 Å². The highest BCUT2D eigenvalue weighted by Crippen LogP contribution is 2.21. The van der Waals surface area contributed by atoms with Crippen molar-refractivity contribution in [2.24, 2.45) is 0 Å². The predicted octanol–water partition coefficient (Wildman–Crippen LogP) is 0.990. The van der Waals surface area contributed by atoms with E-state index >= 15 is 0 Å². The molecule has 0 heterocycles. The molecule has 0 spiro atoms. The third-order valence-corrected chi connectivity index (χ3v) is 3.92. The number of nitrogens with one attached hydrogen (secondary N) is 1. The molecule has 2 aromatic carbocycles. The molecule has 0 saturated carbocycles. The summed E-state index contributed by atoms with van der Waals surface area (Å²) in [4.78, 5) is 10.3. The minimum absolute atomic E-state index is 0.184. The number of para-hydroxylation sites is 1. The molecular weight excluding hydrogens is 285 g/mol. The van der Waals surface area contributed by atoms with Gasteiger partial charge >= 0.3 is 0 Å². The number of halogens is 1. The number of carbonyl (C=O) groups is 1. The zero-order chi connectivity index (χ0) is 14.8. The van der Waals surface area contributed by atoms with E-state index in [1.165, 1.54) is 36.4 Å². The Bertz CT molecular complexity index is 758. The molecule has 20 heavy (non-hydrogen) atoms. The molecule has 2 aromatic rings. The van der Waals surface area contributed by atoms with Gasteiger partial charge in [-0.15, -0.1) is 0 Å². The SMILES string of the molecule is O=C([O-])c1ccccc1NS(=O)(=O)c1ccccc1F. The second kappa shape index (κ2) is 5.30. The van der Waals surface area contributed by atoms with Gasteiger partial charge in [0.2, 0.25) is 0 Å². The molecule has 0 aliphatic heterocycles. The Morgan fingerprint density at radius 2 is 1.65 bits per heavy atom. The highest BCUT2D eigenvalue weighted by Gasteiger charge is 2.19. The molecule has 1 N–H and O–H groups in total. The van der Waals surface area contributed by atoms with Crippen LogP contribution in [0.25, 0.3) is 0 Å². The van der Waals surface area contributed by atoms with Crippen molar-refractivity contribution in [3.05, 3.63) is 59.9 Å². The minimum atomic E-state index is -4.22. The van der Waals surface area contributed by atoms with Crippen LogP contribution in [-0.4, -0.2) is 14.4 Å². The van der Waals surface area contributed by atoms with Crippen LogP contribution < -0.4 is 9.83 Å². The number of rotatable bonds is 4. The van der Waals surface area contributed by atoms with E-state index in [0.29, 0.717) is 0 Å². The molecule has 0 saturated heterocycles. The first-order valence-corrected chi connectivity index (χ1v) is 6.98. The van der Waals surface area contributed by atoms with Gasteiger partial charge in [0.15, 0.2) is 0 Å². The highest BCUT2D eigenvalue weighted by molar-refractivity contribution is 7.92. The van der Waals surface area contributed by atoms with Crippen LogP contribution in [0.15, 0.2) is 53.4 Å². The summed E-state index contributed by atoms with van der Waals surface area (Å²) in [6.45, 7) is 0. The summed E-state index contributed by atoms with van der Waals surface area (Å²) in [7, 11) is -4.22. The average Bonchev–Trinajstić information content (AvgIpc) is 2.39. The van der Waals surface area contributed by atoms with Gasteiger partial charge in [-0.05, 0) is 18.2 Å². The molecule has 0 aromatic heterocycles. The van der Waals surface area contributed by atoms with Crippen LogP contribution in [0.4, 0.5) is 10.1 Å². The Morgan fingerprint density at radius 3 is 2.30 bits per heavy atom. The molecule has 5 nitrogen and oxygen atoms in total. The Kier molecular flexibility index (Phi) is 3.71. The number of anilines is 1. The lowest BCUT2D eigenvalue weighted by Crippen LogP contribution is -2.25. The standard InChI is InChI=1S/C13H10FNO4S/c14-10-6-2-4-8-12(10)20(18,19)15-11-7-3-1-5-9(11)13(16)17/h1-8,15H,(H,16,17)/p-1. The van der Waals surface area contributed by atoms with Crippen LogP contribution in [0.2, 0.25) is 0 Å². The van der Waals surface area contributed by atoms with Crippen molar-refractivity contribution in [3.8, 4) is 0 Å². The van der Waals surface area contributed by atoms with E-state index in [4.69, 9.17) is 0 Å². The number of carboxylic acid groups (broad SMARTS) is 1. The maximum absolute atomic E-state index is 13.5. The van der Waals surface area contributed by atoms with Gasteiger partial charge in [-0.3, -0.25) is 4.72 Å². The topological polar surface area (TPSA) is 86.3 Å². The number of hydrogen-bond donors (Lipinski definition) is 1. The summed E-state index contributed by atoms with van der Waals surface area (Å²) in [5.41, 5.74) is -0.511. The van der Waals surface area contributed by atoms with Crippen molar-refractivity contribution in [2.45, 2.75) is 4.90 Å². The summed E-state index contributed by atoms with van der Waals surface area (Å²) >= 11 is 0. The fourth-order valence-electron chi connectivity index (χ4n) is 1.61. The van der Waals surface area contributed by atoms with Gasteiger partial charge in [0.25, 0.3) is 10.0 Å². The predicted molar refractivity (Wildman–Crippen MR) is 68.0 cm³/mol. The molecule has 0 radical (unpaired) electrons. The van der Waals surface area contributed by atoms with Gasteiger partial charge in [0.05, 0.1) is 11.7 Å². The van der Waals surface area contributed by atoms with Crippen LogP contribution >= 0.6 is 0 Å². The van der Waals surface area contributed by atoms with Gasteiger partial charge in [-0.25, -0.2) is 12.8 Å². The fourth-order valence-corrected chi connectivity index (χ4v) is 2.77. The average molecular weight is 294 g/mol. The van der Waals surface area contributed by atoms with Crippen molar-refractivity contribution in [1.82, 2.24) is 0 Å². The summed E-state index contributed by atoms with van der Waals surface area (Å²) in [6, 6.07) is 10.1. The highest BCUT2D eigenvalue weighted by atomic mass is 32.2. The number of aromatic carboxylic acids is 1. The monoisotopic (exact) mass is 294 g/mol. The zero-order valence-corrected chi connectivity index (χ0v) is 10.9. The first-order valence-electron chi connectivity index (χ1n) is 5.49. The van der Waals surface area contributed by atoms with Crippen molar-refractivity contribution in [1.29, 1.82) is 0 Å². The molecule has 7 heteroatoms. The Balaban J connectivity index is 2.45. The fraction of sp³-hybridized carbons (Fsp3) is 0. The second-order valence-electron chi connectivity index (χ2n) is 3.87. The van der Waals surface area contributed by atoms with E-state index in [-0.39, 0.29) is 11.3 Å². The number of benzene rings is 2. The molecule has 0 aliphatic rings. The maximum atomic E-state index is 13.5. The van der Waals surface area contributed by atoms with Crippen molar-refractivity contribution < 1.29 is 22.7 Å². The van der Waals surface area contributed by atoms with Crippen LogP contribution in [0, 0.1) is 5.82 Å². The Morgan fingerprint density at radius 1 is 1.05 bits per heavy atom. The third kappa shape index (κ3) is 2.77. The quantitative estimate of drug-likeness (QED) is 0.911. The van der Waals surface area contributed by atoms with Crippen LogP contribution in [-0.2, 0) is 10.0 Å². The maximum Gasteiger partial charge on any atom is 0.264 e. The van der Waals surface area contributed by atoms with Crippen LogP contribution in [0.1, 0.15) is 10.4 Å². The third-order valence-electron chi connectivity index (χ3n) is 2.52. The van der Waals surface area contributed by atoms with Crippen LogP contribution in [0.3, 0.4) is 0 Å². The molecular formula is C13H9FNO4S-. The van der Waals surface area contributed by atoms with Gasteiger partial charge in [-0.2, -0.15) is 0 Å². The van der Waals surface area contributed by atoms with Gasteiger partial charge in [0, 0.05) is 5.56 Å². The van der Waals surface area contributed by atoms with E-state index in [9.17, 15) is 22.7 Å². The molecule has 0 amide bonds. The van der Waals surface area contributed by atoms with Gasteiger partial charge < -0.3 is 9.90 Å². The number of hydrogen-bond acceptors (Lipinski definition) is 4. The lowest BCUT2D eigenvalue weighted by molar-refractivity contribution is -0.254. The Hall–Kier alpha value is -2.41. The number of carboxylic acids is 1. The summed E-state index contributed by atoms with van der Waals surface area (Å²) < 4.78 is 39.6. The molecule has 2 rings (SSSR count). The zero-order valence-electron chi connectivity index (χ0n) is 10.0. The normalized spacial score (nSPS) is 11.1. The summed E-state index contributed by atoms with van der Waals surface area (Å²) in [5, 5.41) is 10.9. The van der Waals surface area contributed by atoms with Crippen molar-refractivity contribution >= 4 is 21.7 Å². The molecule has 0 unspecified atom stereocenters. The van der Waals surface area contributed by atoms with E-state index in [1.54, 1.807) is 0 Å². The largest absolute Gasteiger partial charge is 0.545 e.